The maximum absolute atomic E-state index is 10.9. The quantitative estimate of drug-likeness (QED) is 0.363. The van der Waals surface area contributed by atoms with Gasteiger partial charge in [0.05, 0.1) is 7.11 Å². The second kappa shape index (κ2) is 14.7. The number of ketones is 2. The van der Waals surface area contributed by atoms with Gasteiger partial charge in [-0.25, -0.2) is 4.79 Å². The predicted octanol–water partition coefficient (Wildman–Crippen LogP) is 3.50. The molecule has 0 saturated heterocycles. The first-order chi connectivity index (χ1) is 14.1. The third-order valence-corrected chi connectivity index (χ3v) is 3.69. The molecule has 0 radical (unpaired) electrons. The molecule has 0 aromatic heterocycles. The summed E-state index contributed by atoms with van der Waals surface area (Å²) < 4.78 is 9.10. The van der Waals surface area contributed by atoms with Crippen LogP contribution in [0.5, 0.6) is 11.5 Å². The molecule has 0 spiro atoms. The first-order valence-corrected chi connectivity index (χ1v) is 9.61. The molecule has 0 saturated carbocycles. The molecule has 9 heteroatoms. The summed E-state index contributed by atoms with van der Waals surface area (Å²) in [4.78, 5) is 41.6. The van der Waals surface area contributed by atoms with Crippen molar-refractivity contribution in [1.82, 2.24) is 0 Å². The van der Waals surface area contributed by atoms with Gasteiger partial charge in [-0.2, -0.15) is 0 Å². The number of alkyl halides is 1. The lowest BCUT2D eigenvalue weighted by atomic mass is 10.1. The first-order valence-electron chi connectivity index (χ1n) is 8.49. The van der Waals surface area contributed by atoms with E-state index in [9.17, 15) is 19.2 Å². The van der Waals surface area contributed by atoms with Crippen molar-refractivity contribution < 1.29 is 38.9 Å². The molecule has 0 heterocycles. The number of carbonyl (C=O) groups excluding carboxylic acids is 3. The standard InChI is InChI=1S/C10H10O4.C8H8O2.C3H5BrO2/c1-7(11)8-2-4-9(5-3-8)14-6-10(12)13;1-6(9)7-2-4-8(10)5-3-7;1-6-3(5)2-4/h2-5H,6H2,1H3,(H,12,13);2-5,10H,1H3;2H2,1H3. The average molecular weight is 483 g/mol. The molecule has 2 N–H and O–H groups in total. The fourth-order valence-corrected chi connectivity index (χ4v) is 1.91. The van der Waals surface area contributed by atoms with E-state index in [4.69, 9.17) is 14.9 Å². The number of phenols is 1. The lowest BCUT2D eigenvalue weighted by Crippen LogP contribution is -2.09. The van der Waals surface area contributed by atoms with Crippen molar-refractivity contribution in [2.24, 2.45) is 0 Å². The maximum atomic E-state index is 10.9. The summed E-state index contributed by atoms with van der Waals surface area (Å²) in [6, 6.07) is 12.5. The van der Waals surface area contributed by atoms with E-state index < -0.39 is 5.97 Å². The number of rotatable bonds is 6. The third kappa shape index (κ3) is 12.3. The van der Waals surface area contributed by atoms with Crippen LogP contribution in [0, 0.1) is 0 Å². The topological polar surface area (TPSA) is 127 Å². The Kier molecular flexibility index (Phi) is 13.2. The SMILES string of the molecule is CC(=O)c1ccc(O)cc1.CC(=O)c1ccc(OCC(=O)O)cc1.COC(=O)CBr. The monoisotopic (exact) mass is 482 g/mol. The van der Waals surface area contributed by atoms with E-state index in [2.05, 4.69) is 20.7 Å². The van der Waals surface area contributed by atoms with Crippen LogP contribution in [0.25, 0.3) is 0 Å². The van der Waals surface area contributed by atoms with Crippen LogP contribution in [0.2, 0.25) is 0 Å². The molecule has 0 amide bonds. The smallest absolute Gasteiger partial charge is 0.341 e. The molecule has 0 aliphatic carbocycles. The van der Waals surface area contributed by atoms with Crippen molar-refractivity contribution in [3.05, 3.63) is 59.7 Å². The van der Waals surface area contributed by atoms with Crippen molar-refractivity contribution in [2.45, 2.75) is 13.8 Å². The number of carboxylic acids is 1. The molecule has 2 rings (SSSR count). The summed E-state index contributed by atoms with van der Waals surface area (Å²) in [6.07, 6.45) is 0. The number of ether oxygens (including phenoxy) is 2. The third-order valence-electron chi connectivity index (χ3n) is 3.23. The fourth-order valence-electron chi connectivity index (χ4n) is 1.68. The maximum Gasteiger partial charge on any atom is 0.341 e. The number of halogens is 1. The molecule has 0 aliphatic rings. The molecule has 2 aromatic carbocycles. The molecule has 0 fully saturated rings. The van der Waals surface area contributed by atoms with Gasteiger partial charge in [0.15, 0.2) is 18.2 Å². The van der Waals surface area contributed by atoms with E-state index in [0.29, 0.717) is 16.9 Å². The molecule has 0 bridgehead atoms. The number of Topliss-reactive ketones (excluding diaryl/α,β-unsaturated/α-hetero) is 2. The van der Waals surface area contributed by atoms with Crippen LogP contribution >= 0.6 is 15.9 Å². The van der Waals surface area contributed by atoms with E-state index >= 15 is 0 Å². The molecular formula is C21H23BrO8. The molecular weight excluding hydrogens is 460 g/mol. The van der Waals surface area contributed by atoms with Gasteiger partial charge < -0.3 is 19.7 Å². The van der Waals surface area contributed by atoms with Gasteiger partial charge in [0.25, 0.3) is 0 Å². The lowest BCUT2D eigenvalue weighted by molar-refractivity contribution is -0.139. The minimum Gasteiger partial charge on any atom is -0.508 e. The zero-order valence-electron chi connectivity index (χ0n) is 16.8. The number of benzene rings is 2. The van der Waals surface area contributed by atoms with Gasteiger partial charge in [0.2, 0.25) is 0 Å². The highest BCUT2D eigenvalue weighted by atomic mass is 79.9. The van der Waals surface area contributed by atoms with Crippen LogP contribution in [0.15, 0.2) is 48.5 Å². The Morgan fingerprint density at radius 1 is 0.867 bits per heavy atom. The highest BCUT2D eigenvalue weighted by Gasteiger charge is 2.01. The lowest BCUT2D eigenvalue weighted by Gasteiger charge is -2.02. The van der Waals surface area contributed by atoms with Crippen LogP contribution in [0.3, 0.4) is 0 Å². The van der Waals surface area contributed by atoms with Gasteiger partial charge in [-0.15, -0.1) is 0 Å². The van der Waals surface area contributed by atoms with Gasteiger partial charge in [-0.3, -0.25) is 14.4 Å². The van der Waals surface area contributed by atoms with Gasteiger partial charge in [0, 0.05) is 11.1 Å². The summed E-state index contributed by atoms with van der Waals surface area (Å²) >= 11 is 2.90. The Morgan fingerprint density at radius 3 is 1.60 bits per heavy atom. The van der Waals surface area contributed by atoms with Crippen LogP contribution in [0.4, 0.5) is 0 Å². The van der Waals surface area contributed by atoms with Gasteiger partial charge in [-0.05, 0) is 62.4 Å². The average Bonchev–Trinajstić information content (AvgIpc) is 2.73. The number of esters is 1. The zero-order valence-corrected chi connectivity index (χ0v) is 18.3. The van der Waals surface area contributed by atoms with Crippen molar-refractivity contribution in [3.63, 3.8) is 0 Å². The fraction of sp³-hybridized carbons (Fsp3) is 0.238. The zero-order chi connectivity index (χ0) is 23.1. The Morgan fingerprint density at radius 2 is 1.30 bits per heavy atom. The Hall–Kier alpha value is -3.20. The van der Waals surface area contributed by atoms with Gasteiger partial charge in [-0.1, -0.05) is 15.9 Å². The highest BCUT2D eigenvalue weighted by Crippen LogP contribution is 2.12. The first kappa shape index (κ1) is 26.8. The number of phenolic OH excluding ortho intramolecular Hbond substituents is 1. The Balaban J connectivity index is 0.000000459. The van der Waals surface area contributed by atoms with Crippen LogP contribution in [-0.4, -0.2) is 52.8 Å². The minimum absolute atomic E-state index is 0.0139. The molecule has 162 valence electrons. The second-order valence-corrected chi connectivity index (χ2v) is 6.14. The minimum atomic E-state index is -1.03. The number of methoxy groups -OCH3 is 1. The van der Waals surface area contributed by atoms with E-state index in [1.165, 1.54) is 33.1 Å². The summed E-state index contributed by atoms with van der Waals surface area (Å²) in [6.45, 7) is 2.58. The van der Waals surface area contributed by atoms with E-state index in [0.717, 1.165) is 0 Å². The second-order valence-electron chi connectivity index (χ2n) is 5.58. The number of aliphatic carboxylic acids is 1. The van der Waals surface area contributed by atoms with Gasteiger partial charge in [0.1, 0.15) is 16.8 Å². The predicted molar refractivity (Wildman–Crippen MR) is 113 cm³/mol. The summed E-state index contributed by atoms with van der Waals surface area (Å²) in [5.74, 6) is -0.659. The summed E-state index contributed by atoms with van der Waals surface area (Å²) in [5, 5.41) is 17.4. The molecule has 2 aromatic rings. The van der Waals surface area contributed by atoms with E-state index in [1.807, 2.05) is 0 Å². The number of aromatic hydroxyl groups is 1. The molecule has 0 atom stereocenters. The highest BCUT2D eigenvalue weighted by molar-refractivity contribution is 9.09. The van der Waals surface area contributed by atoms with E-state index in [-0.39, 0.29) is 35.2 Å². The van der Waals surface area contributed by atoms with Crippen molar-refractivity contribution in [3.8, 4) is 11.5 Å². The largest absolute Gasteiger partial charge is 0.508 e. The van der Waals surface area contributed by atoms with Crippen LogP contribution in [0.1, 0.15) is 34.6 Å². The van der Waals surface area contributed by atoms with Crippen LogP contribution < -0.4 is 4.74 Å². The Labute approximate surface area is 182 Å². The molecule has 0 aliphatic heterocycles. The number of carbonyl (C=O) groups is 4. The van der Waals surface area contributed by atoms with E-state index in [1.54, 1.807) is 36.4 Å². The van der Waals surface area contributed by atoms with Crippen LogP contribution in [-0.2, 0) is 14.3 Å². The van der Waals surface area contributed by atoms with Crippen molar-refractivity contribution in [2.75, 3.05) is 19.0 Å². The number of carboxylic acid groups (broad SMARTS) is 1. The number of hydrogen-bond acceptors (Lipinski definition) is 7. The van der Waals surface area contributed by atoms with Crippen molar-refractivity contribution in [1.29, 1.82) is 0 Å². The Bertz CT molecular complexity index is 823. The van der Waals surface area contributed by atoms with Crippen molar-refractivity contribution >= 4 is 39.4 Å². The molecule has 0 unspecified atom stereocenters. The molecule has 30 heavy (non-hydrogen) atoms. The summed E-state index contributed by atoms with van der Waals surface area (Å²) in [5.41, 5.74) is 1.20. The number of hydrogen-bond donors (Lipinski definition) is 2. The molecule has 8 nitrogen and oxygen atoms in total. The summed E-state index contributed by atoms with van der Waals surface area (Å²) in [7, 11) is 1.35. The van der Waals surface area contributed by atoms with Gasteiger partial charge >= 0.3 is 11.9 Å². The normalized spacial score (nSPS) is 9.07.